The van der Waals surface area contributed by atoms with E-state index in [0.717, 1.165) is 43.9 Å². The molecule has 178 valence electrons. The van der Waals surface area contributed by atoms with Crippen molar-refractivity contribution in [3.8, 4) is 32.4 Å². The maximum absolute atomic E-state index is 13.4. The number of aryl methyl sites for hydroxylation is 1. The number of carbonyl (C=O) groups is 1. The molecular formula is C29H25N5OS. The minimum absolute atomic E-state index is 0.0123. The summed E-state index contributed by atoms with van der Waals surface area (Å²) >= 11 is 1.63. The van der Waals surface area contributed by atoms with Gasteiger partial charge in [0.15, 0.2) is 11.6 Å². The van der Waals surface area contributed by atoms with Gasteiger partial charge >= 0.3 is 0 Å². The van der Waals surface area contributed by atoms with Gasteiger partial charge in [0.2, 0.25) is 0 Å². The van der Waals surface area contributed by atoms with Crippen LogP contribution in [0.15, 0.2) is 84.9 Å². The molecule has 7 heteroatoms. The average Bonchev–Trinajstić information content (AvgIpc) is 3.53. The summed E-state index contributed by atoms with van der Waals surface area (Å²) < 4.78 is 2.14. The third-order valence-corrected chi connectivity index (χ3v) is 7.91. The molecule has 0 saturated heterocycles. The van der Waals surface area contributed by atoms with Crippen LogP contribution in [0.1, 0.15) is 34.8 Å². The number of amides is 1. The molecule has 0 radical (unpaired) electrons. The smallest absolute Gasteiger partial charge is 0.254 e. The van der Waals surface area contributed by atoms with Crippen molar-refractivity contribution < 1.29 is 4.79 Å². The van der Waals surface area contributed by atoms with Crippen LogP contribution in [-0.2, 0) is 6.54 Å². The van der Waals surface area contributed by atoms with Crippen LogP contribution in [0.4, 0.5) is 0 Å². The fraction of sp³-hybridized carbons (Fsp3) is 0.172. The van der Waals surface area contributed by atoms with E-state index < -0.39 is 0 Å². The Morgan fingerprint density at radius 1 is 0.833 bits per heavy atom. The van der Waals surface area contributed by atoms with Crippen LogP contribution in [0.3, 0.4) is 0 Å². The standard InChI is InChI=1S/C29H25N5OS/c1-19-25(36-28(30-19)23-11-7-4-8-12-23)27-32-31-26-20(2)33(17-18-34(26)27)29(35)24-15-13-22(14-16-24)21-9-5-3-6-10-21/h3-16,20H,17-18H2,1-2H3/t20-/m1/s1. The Morgan fingerprint density at radius 2 is 1.47 bits per heavy atom. The predicted molar refractivity (Wildman–Crippen MR) is 143 cm³/mol. The van der Waals surface area contributed by atoms with Crippen LogP contribution < -0.4 is 0 Å². The highest BCUT2D eigenvalue weighted by molar-refractivity contribution is 7.18. The number of carbonyl (C=O) groups excluding carboxylic acids is 1. The molecule has 5 aromatic rings. The first-order valence-electron chi connectivity index (χ1n) is 12.0. The monoisotopic (exact) mass is 491 g/mol. The summed E-state index contributed by atoms with van der Waals surface area (Å²) in [4.78, 5) is 21.1. The van der Waals surface area contributed by atoms with Gasteiger partial charge in [0.1, 0.15) is 5.01 Å². The number of hydrogen-bond acceptors (Lipinski definition) is 5. The molecule has 1 atom stereocenters. The molecule has 1 amide bonds. The Hall–Kier alpha value is -4.10. The molecule has 0 saturated carbocycles. The second kappa shape index (κ2) is 9.17. The number of fused-ring (bicyclic) bond motifs is 1. The van der Waals surface area contributed by atoms with E-state index in [2.05, 4.69) is 39.0 Å². The minimum Gasteiger partial charge on any atom is -0.327 e. The van der Waals surface area contributed by atoms with Crippen molar-refractivity contribution in [1.82, 2.24) is 24.6 Å². The second-order valence-corrected chi connectivity index (χ2v) is 9.95. The normalized spacial score (nSPS) is 15.1. The van der Waals surface area contributed by atoms with Crippen molar-refractivity contribution in [1.29, 1.82) is 0 Å². The molecule has 0 unspecified atom stereocenters. The van der Waals surface area contributed by atoms with Crippen LogP contribution in [-0.4, -0.2) is 37.1 Å². The van der Waals surface area contributed by atoms with Crippen molar-refractivity contribution >= 4 is 17.2 Å². The van der Waals surface area contributed by atoms with E-state index in [9.17, 15) is 4.79 Å². The summed E-state index contributed by atoms with van der Waals surface area (Å²) in [6, 6.07) is 28.0. The Labute approximate surface area is 213 Å². The third-order valence-electron chi connectivity index (χ3n) is 6.71. The highest BCUT2D eigenvalue weighted by Gasteiger charge is 2.33. The summed E-state index contributed by atoms with van der Waals surface area (Å²) in [5.74, 6) is 1.64. The summed E-state index contributed by atoms with van der Waals surface area (Å²) in [7, 11) is 0. The van der Waals surface area contributed by atoms with Gasteiger partial charge in [0.05, 0.1) is 16.6 Å². The number of benzene rings is 3. The lowest BCUT2D eigenvalue weighted by molar-refractivity contribution is 0.0638. The van der Waals surface area contributed by atoms with Gasteiger partial charge in [-0.2, -0.15) is 0 Å². The topological polar surface area (TPSA) is 63.9 Å². The molecule has 3 heterocycles. The van der Waals surface area contributed by atoms with E-state index in [4.69, 9.17) is 4.98 Å². The molecule has 0 fully saturated rings. The predicted octanol–water partition coefficient (Wildman–Crippen LogP) is 6.26. The highest BCUT2D eigenvalue weighted by atomic mass is 32.1. The maximum atomic E-state index is 13.4. The second-order valence-electron chi connectivity index (χ2n) is 8.95. The van der Waals surface area contributed by atoms with Crippen LogP contribution in [0.2, 0.25) is 0 Å². The zero-order valence-electron chi connectivity index (χ0n) is 20.1. The number of aromatic nitrogens is 4. The minimum atomic E-state index is -0.178. The molecule has 0 aliphatic carbocycles. The Bertz CT molecular complexity index is 1520. The van der Waals surface area contributed by atoms with E-state index in [1.807, 2.05) is 79.4 Å². The Morgan fingerprint density at radius 3 is 2.17 bits per heavy atom. The molecule has 0 spiro atoms. The number of thiazole rings is 1. The molecule has 6 nitrogen and oxygen atoms in total. The largest absolute Gasteiger partial charge is 0.327 e. The van der Waals surface area contributed by atoms with Gasteiger partial charge < -0.3 is 9.47 Å². The fourth-order valence-electron chi connectivity index (χ4n) is 4.74. The lowest BCUT2D eigenvalue weighted by Crippen LogP contribution is -2.41. The lowest BCUT2D eigenvalue weighted by Gasteiger charge is -2.33. The first-order valence-corrected chi connectivity index (χ1v) is 12.8. The van der Waals surface area contributed by atoms with E-state index in [1.165, 1.54) is 0 Å². The molecule has 0 bridgehead atoms. The SMILES string of the molecule is Cc1nc(-c2ccccc2)sc1-c1nnc2n1CCN(C(=O)c1ccc(-c3ccccc3)cc1)[C@@H]2C. The van der Waals surface area contributed by atoms with Crippen molar-refractivity contribution in [3.05, 3.63) is 102 Å². The Kier molecular flexibility index (Phi) is 5.70. The molecule has 2 aromatic heterocycles. The molecule has 0 N–H and O–H groups in total. The van der Waals surface area contributed by atoms with Gasteiger partial charge in [-0.05, 0) is 37.1 Å². The number of hydrogen-bond donors (Lipinski definition) is 0. The van der Waals surface area contributed by atoms with Crippen molar-refractivity contribution in [3.63, 3.8) is 0 Å². The van der Waals surface area contributed by atoms with Crippen molar-refractivity contribution in [2.24, 2.45) is 0 Å². The summed E-state index contributed by atoms with van der Waals surface area (Å²) in [5, 5.41) is 10.0. The van der Waals surface area contributed by atoms with Crippen molar-refractivity contribution in [2.45, 2.75) is 26.4 Å². The Balaban J connectivity index is 1.25. The summed E-state index contributed by atoms with van der Waals surface area (Å²) in [6.45, 7) is 5.28. The van der Waals surface area contributed by atoms with Gasteiger partial charge in [-0.25, -0.2) is 4.98 Å². The molecular weight excluding hydrogens is 466 g/mol. The average molecular weight is 492 g/mol. The van der Waals surface area contributed by atoms with Crippen LogP contribution in [0.5, 0.6) is 0 Å². The summed E-state index contributed by atoms with van der Waals surface area (Å²) in [6.07, 6.45) is 0. The van der Waals surface area contributed by atoms with Gasteiger partial charge in [-0.1, -0.05) is 72.8 Å². The molecule has 3 aromatic carbocycles. The van der Waals surface area contributed by atoms with E-state index in [0.29, 0.717) is 18.7 Å². The van der Waals surface area contributed by atoms with Crippen molar-refractivity contribution in [2.75, 3.05) is 6.54 Å². The molecule has 1 aliphatic rings. The lowest BCUT2D eigenvalue weighted by atomic mass is 10.0. The highest BCUT2D eigenvalue weighted by Crippen LogP contribution is 2.37. The zero-order valence-corrected chi connectivity index (χ0v) is 20.9. The van der Waals surface area contributed by atoms with E-state index >= 15 is 0 Å². The summed E-state index contributed by atoms with van der Waals surface area (Å²) in [5.41, 5.74) is 4.95. The molecule has 1 aliphatic heterocycles. The molecule has 36 heavy (non-hydrogen) atoms. The van der Waals surface area contributed by atoms with Crippen LogP contribution in [0, 0.1) is 6.92 Å². The van der Waals surface area contributed by atoms with E-state index in [-0.39, 0.29) is 11.9 Å². The third kappa shape index (κ3) is 3.91. The van der Waals surface area contributed by atoms with Crippen LogP contribution >= 0.6 is 11.3 Å². The van der Waals surface area contributed by atoms with E-state index in [1.54, 1.807) is 11.3 Å². The quantitative estimate of drug-likeness (QED) is 0.298. The number of nitrogens with zero attached hydrogens (tertiary/aromatic N) is 5. The van der Waals surface area contributed by atoms with Gasteiger partial charge in [0, 0.05) is 24.2 Å². The zero-order chi connectivity index (χ0) is 24.6. The van der Waals surface area contributed by atoms with Gasteiger partial charge in [0.25, 0.3) is 5.91 Å². The first-order chi connectivity index (χ1) is 17.6. The molecule has 6 rings (SSSR count). The van der Waals surface area contributed by atoms with Gasteiger partial charge in [-0.15, -0.1) is 21.5 Å². The van der Waals surface area contributed by atoms with Crippen LogP contribution in [0.25, 0.3) is 32.4 Å². The maximum Gasteiger partial charge on any atom is 0.254 e. The van der Waals surface area contributed by atoms with Gasteiger partial charge in [-0.3, -0.25) is 4.79 Å². The first kappa shape index (κ1) is 22.4. The number of rotatable bonds is 4. The fourth-order valence-corrected chi connectivity index (χ4v) is 5.81.